The minimum Gasteiger partial charge on any atom is -0.457 e. The Labute approximate surface area is 200 Å². The zero-order valence-electron chi connectivity index (χ0n) is 19.1. The Hall–Kier alpha value is -4.72. The topological polar surface area (TPSA) is 69.8 Å². The highest BCUT2D eigenvalue weighted by atomic mass is 19.1. The fourth-order valence-corrected chi connectivity index (χ4v) is 4.12. The summed E-state index contributed by atoms with van der Waals surface area (Å²) in [4.78, 5) is 13.9. The van der Waals surface area contributed by atoms with Gasteiger partial charge in [-0.15, -0.1) is 0 Å². The van der Waals surface area contributed by atoms with Gasteiger partial charge < -0.3 is 19.2 Å². The predicted molar refractivity (Wildman–Crippen MR) is 134 cm³/mol. The maximum atomic E-state index is 13.2. The molecule has 0 saturated heterocycles. The quantitative estimate of drug-likeness (QED) is 0.329. The third-order valence-electron chi connectivity index (χ3n) is 5.94. The van der Waals surface area contributed by atoms with E-state index in [1.807, 2.05) is 77.8 Å². The van der Waals surface area contributed by atoms with Gasteiger partial charge in [-0.1, -0.05) is 12.1 Å². The molecule has 3 aromatic heterocycles. The number of aromatic nitrogens is 5. The Bertz CT molecular complexity index is 1690. The highest BCUT2D eigenvalue weighted by molar-refractivity contribution is 5.81. The van der Waals surface area contributed by atoms with Crippen LogP contribution in [0.1, 0.15) is 0 Å². The van der Waals surface area contributed by atoms with Crippen LogP contribution >= 0.6 is 0 Å². The van der Waals surface area contributed by atoms with E-state index in [0.29, 0.717) is 17.4 Å². The second-order valence-electron chi connectivity index (χ2n) is 8.24. The van der Waals surface area contributed by atoms with Crippen LogP contribution in [0.2, 0.25) is 0 Å². The first-order valence-corrected chi connectivity index (χ1v) is 11.1. The van der Waals surface area contributed by atoms with Crippen molar-refractivity contribution < 1.29 is 9.13 Å². The first-order valence-electron chi connectivity index (χ1n) is 11.1. The van der Waals surface area contributed by atoms with Gasteiger partial charge in [0.2, 0.25) is 5.95 Å². The van der Waals surface area contributed by atoms with Crippen LogP contribution in [0.3, 0.4) is 0 Å². The largest absolute Gasteiger partial charge is 0.457 e. The van der Waals surface area contributed by atoms with Gasteiger partial charge >= 0.3 is 0 Å². The van der Waals surface area contributed by atoms with Crippen molar-refractivity contribution >= 4 is 33.7 Å². The Kier molecular flexibility index (Phi) is 4.92. The molecule has 0 saturated carbocycles. The summed E-state index contributed by atoms with van der Waals surface area (Å²) in [6, 6.07) is 23.6. The molecule has 6 aromatic rings. The van der Waals surface area contributed by atoms with Crippen LogP contribution in [0.5, 0.6) is 11.5 Å². The number of ether oxygens (including phenoxy) is 1. The minimum absolute atomic E-state index is 0.280. The lowest BCUT2D eigenvalue weighted by molar-refractivity contribution is 0.483. The fourth-order valence-electron chi connectivity index (χ4n) is 4.12. The maximum Gasteiger partial charge on any atom is 0.208 e. The lowest BCUT2D eigenvalue weighted by atomic mass is 10.3. The Morgan fingerprint density at radius 3 is 2.37 bits per heavy atom. The fraction of sp³-hybridized carbons (Fsp3) is 0.0741. The normalized spacial score (nSPS) is 11.3. The second-order valence-corrected chi connectivity index (χ2v) is 8.24. The molecular weight excluding hydrogens is 443 g/mol. The van der Waals surface area contributed by atoms with Crippen molar-refractivity contribution in [3.05, 3.63) is 90.9 Å². The van der Waals surface area contributed by atoms with Gasteiger partial charge in [-0.25, -0.2) is 14.4 Å². The standard InChI is InChI=1S/C27H21FN6O/c1-33-24-6-4-3-5-21(24)31-26(33)23-16-20(13-14-29-23)35-19-11-12-25-22(15-19)32-27(34(25)2)30-18-9-7-17(28)8-10-18/h3-16H,1-2H3,(H,30,32). The molecule has 0 spiro atoms. The summed E-state index contributed by atoms with van der Waals surface area (Å²) in [5.74, 6) is 2.45. The first-order chi connectivity index (χ1) is 17.0. The molecule has 172 valence electrons. The molecule has 0 bridgehead atoms. The zero-order valence-corrected chi connectivity index (χ0v) is 19.1. The van der Waals surface area contributed by atoms with E-state index in [1.54, 1.807) is 18.3 Å². The van der Waals surface area contributed by atoms with E-state index in [2.05, 4.69) is 15.3 Å². The van der Waals surface area contributed by atoms with Crippen molar-refractivity contribution in [2.75, 3.05) is 5.32 Å². The average Bonchev–Trinajstić information content (AvgIpc) is 3.37. The maximum absolute atomic E-state index is 13.2. The number of para-hydroxylation sites is 2. The van der Waals surface area contributed by atoms with Gasteiger partial charge in [0, 0.05) is 38.1 Å². The number of pyridine rings is 1. The lowest BCUT2D eigenvalue weighted by Gasteiger charge is -2.08. The van der Waals surface area contributed by atoms with E-state index in [0.717, 1.165) is 39.3 Å². The zero-order chi connectivity index (χ0) is 23.9. The molecule has 0 amide bonds. The van der Waals surface area contributed by atoms with Gasteiger partial charge in [-0.05, 0) is 54.6 Å². The summed E-state index contributed by atoms with van der Waals surface area (Å²) < 4.78 is 23.3. The van der Waals surface area contributed by atoms with Gasteiger partial charge in [-0.3, -0.25) is 4.98 Å². The third-order valence-corrected chi connectivity index (χ3v) is 5.94. The van der Waals surface area contributed by atoms with Crippen LogP contribution in [0, 0.1) is 5.82 Å². The van der Waals surface area contributed by atoms with E-state index < -0.39 is 0 Å². The molecular formula is C27H21FN6O. The number of halogens is 1. The highest BCUT2D eigenvalue weighted by Crippen LogP contribution is 2.30. The molecule has 0 fully saturated rings. The molecule has 1 N–H and O–H groups in total. The number of fused-ring (bicyclic) bond motifs is 2. The number of nitrogens with one attached hydrogen (secondary N) is 1. The van der Waals surface area contributed by atoms with Crippen molar-refractivity contribution in [2.24, 2.45) is 14.1 Å². The van der Waals surface area contributed by atoms with E-state index >= 15 is 0 Å². The van der Waals surface area contributed by atoms with Gasteiger partial charge in [0.15, 0.2) is 5.82 Å². The molecule has 0 atom stereocenters. The van der Waals surface area contributed by atoms with Crippen molar-refractivity contribution in [1.82, 2.24) is 24.1 Å². The SMILES string of the molecule is Cn1c(Nc2ccc(F)cc2)nc2cc(Oc3ccnc(-c4nc5ccccc5n4C)c3)ccc21. The molecule has 0 aliphatic carbocycles. The molecule has 0 aliphatic rings. The number of nitrogens with zero attached hydrogens (tertiary/aromatic N) is 5. The van der Waals surface area contributed by atoms with Crippen molar-refractivity contribution in [3.8, 4) is 23.0 Å². The summed E-state index contributed by atoms with van der Waals surface area (Å²) in [6.07, 6.45) is 1.72. The summed E-state index contributed by atoms with van der Waals surface area (Å²) in [5.41, 5.74) is 5.17. The predicted octanol–water partition coefficient (Wildman–Crippen LogP) is 6.20. The van der Waals surface area contributed by atoms with Crippen LogP contribution in [0.4, 0.5) is 16.0 Å². The number of benzene rings is 3. The van der Waals surface area contributed by atoms with Gasteiger partial charge in [0.25, 0.3) is 0 Å². The number of anilines is 2. The Morgan fingerprint density at radius 1 is 0.771 bits per heavy atom. The van der Waals surface area contributed by atoms with Crippen LogP contribution < -0.4 is 10.1 Å². The van der Waals surface area contributed by atoms with Crippen LogP contribution in [0.25, 0.3) is 33.6 Å². The monoisotopic (exact) mass is 464 g/mol. The lowest BCUT2D eigenvalue weighted by Crippen LogP contribution is -1.98. The van der Waals surface area contributed by atoms with Crippen LogP contribution in [-0.2, 0) is 14.1 Å². The number of hydrogen-bond acceptors (Lipinski definition) is 5. The Balaban J connectivity index is 1.28. The number of imidazole rings is 2. The van der Waals surface area contributed by atoms with Gasteiger partial charge in [-0.2, -0.15) is 0 Å². The van der Waals surface area contributed by atoms with E-state index in [9.17, 15) is 4.39 Å². The molecule has 35 heavy (non-hydrogen) atoms. The molecule has 3 aromatic carbocycles. The van der Waals surface area contributed by atoms with Crippen molar-refractivity contribution in [2.45, 2.75) is 0 Å². The average molecular weight is 465 g/mol. The van der Waals surface area contributed by atoms with E-state index in [4.69, 9.17) is 9.72 Å². The summed E-state index contributed by atoms with van der Waals surface area (Å²) in [5, 5.41) is 3.23. The number of rotatable bonds is 5. The Morgan fingerprint density at radius 2 is 1.54 bits per heavy atom. The third kappa shape index (κ3) is 3.85. The van der Waals surface area contributed by atoms with Gasteiger partial charge in [0.05, 0.1) is 22.1 Å². The number of aryl methyl sites for hydroxylation is 2. The number of hydrogen-bond donors (Lipinski definition) is 1. The first kappa shape index (κ1) is 20.9. The highest BCUT2D eigenvalue weighted by Gasteiger charge is 2.13. The summed E-state index contributed by atoms with van der Waals surface area (Å²) >= 11 is 0. The summed E-state index contributed by atoms with van der Waals surface area (Å²) in [7, 11) is 3.90. The van der Waals surface area contributed by atoms with Gasteiger partial charge in [0.1, 0.15) is 23.0 Å². The molecule has 7 nitrogen and oxygen atoms in total. The summed E-state index contributed by atoms with van der Waals surface area (Å²) in [6.45, 7) is 0. The minimum atomic E-state index is -0.280. The molecule has 0 radical (unpaired) electrons. The van der Waals surface area contributed by atoms with E-state index in [-0.39, 0.29) is 5.82 Å². The van der Waals surface area contributed by atoms with Crippen molar-refractivity contribution in [3.63, 3.8) is 0 Å². The second kappa shape index (κ2) is 8.25. The van der Waals surface area contributed by atoms with E-state index in [1.165, 1.54) is 12.1 Å². The van der Waals surface area contributed by atoms with Crippen LogP contribution in [0.15, 0.2) is 85.1 Å². The molecule has 0 aliphatic heterocycles. The molecule has 6 rings (SSSR count). The van der Waals surface area contributed by atoms with Crippen molar-refractivity contribution in [1.29, 1.82) is 0 Å². The molecule has 8 heteroatoms. The van der Waals surface area contributed by atoms with Crippen LogP contribution in [-0.4, -0.2) is 24.1 Å². The smallest absolute Gasteiger partial charge is 0.208 e. The molecule has 3 heterocycles. The molecule has 0 unspecified atom stereocenters.